The van der Waals surface area contributed by atoms with E-state index < -0.39 is 0 Å². The van der Waals surface area contributed by atoms with Gasteiger partial charge in [-0.2, -0.15) is 0 Å². The number of carbonyl (C=O) groups excluding carboxylic acids is 2. The first-order valence-electron chi connectivity index (χ1n) is 11.5. The number of urea groups is 1. The Morgan fingerprint density at radius 2 is 1.94 bits per heavy atom. The molecule has 0 radical (unpaired) electrons. The number of rotatable bonds is 3. The Labute approximate surface area is 196 Å². The molecule has 1 fully saturated rings. The molecule has 0 aliphatic carbocycles. The molecule has 1 N–H and O–H groups in total. The minimum Gasteiger partial charge on any atom is -0.486 e. The van der Waals surface area contributed by atoms with E-state index in [9.17, 15) is 9.59 Å². The van der Waals surface area contributed by atoms with Crippen molar-refractivity contribution in [2.75, 3.05) is 31.2 Å². The third-order valence-corrected chi connectivity index (χ3v) is 6.59. The van der Waals surface area contributed by atoms with E-state index in [2.05, 4.69) is 14.9 Å². The third-order valence-electron chi connectivity index (χ3n) is 6.59. The van der Waals surface area contributed by atoms with Crippen LogP contribution < -0.4 is 19.7 Å². The van der Waals surface area contributed by atoms with Gasteiger partial charge in [0.2, 0.25) is 5.91 Å². The largest absolute Gasteiger partial charge is 0.486 e. The van der Waals surface area contributed by atoms with Gasteiger partial charge in [-0.25, -0.2) is 4.79 Å². The van der Waals surface area contributed by atoms with E-state index in [1.165, 1.54) is 0 Å². The fourth-order valence-electron chi connectivity index (χ4n) is 5.00. The molecule has 6 rings (SSSR count). The number of benzene rings is 1. The topological polar surface area (TPSA) is 88.9 Å². The van der Waals surface area contributed by atoms with Gasteiger partial charge in [0, 0.05) is 62.1 Å². The molecule has 2 atom stereocenters. The van der Waals surface area contributed by atoms with Crippen molar-refractivity contribution in [2.24, 2.45) is 0 Å². The van der Waals surface area contributed by atoms with Crippen LogP contribution in [0.25, 0.3) is 0 Å². The van der Waals surface area contributed by atoms with Gasteiger partial charge in [0.05, 0.1) is 6.04 Å². The molecule has 5 heterocycles. The highest BCUT2D eigenvalue weighted by Crippen LogP contribution is 2.36. The van der Waals surface area contributed by atoms with E-state index in [0.29, 0.717) is 37.8 Å². The van der Waals surface area contributed by atoms with Crippen molar-refractivity contribution in [3.05, 3.63) is 72.3 Å². The summed E-state index contributed by atoms with van der Waals surface area (Å²) in [5, 5.41) is 3.10. The Morgan fingerprint density at radius 3 is 2.79 bits per heavy atom. The average molecular weight is 460 g/mol. The zero-order chi connectivity index (χ0) is 23.1. The highest BCUT2D eigenvalue weighted by atomic mass is 16.6. The summed E-state index contributed by atoms with van der Waals surface area (Å²) in [6, 6.07) is 12.7. The lowest BCUT2D eigenvalue weighted by Crippen LogP contribution is -2.50. The molecule has 9 nitrogen and oxygen atoms in total. The number of hydrogen-bond donors (Lipinski definition) is 1. The van der Waals surface area contributed by atoms with Gasteiger partial charge in [-0.1, -0.05) is 6.07 Å². The van der Waals surface area contributed by atoms with Crippen molar-refractivity contribution in [3.63, 3.8) is 0 Å². The number of nitrogens with zero attached hydrogens (tertiary/aromatic N) is 4. The summed E-state index contributed by atoms with van der Waals surface area (Å²) in [6.45, 7) is 2.70. The second-order valence-corrected chi connectivity index (χ2v) is 8.69. The number of ether oxygens (including phenoxy) is 2. The first-order valence-corrected chi connectivity index (χ1v) is 11.5. The molecule has 3 amide bonds. The molecule has 1 saturated heterocycles. The van der Waals surface area contributed by atoms with Crippen molar-refractivity contribution >= 4 is 17.6 Å². The predicted octanol–water partition coefficient (Wildman–Crippen LogP) is 2.57. The second-order valence-electron chi connectivity index (χ2n) is 8.69. The molecule has 3 aliphatic heterocycles. The van der Waals surface area contributed by atoms with Crippen molar-refractivity contribution in [1.29, 1.82) is 0 Å². The Balaban J connectivity index is 1.19. The number of carbonyl (C=O) groups is 2. The second kappa shape index (κ2) is 8.40. The minimum atomic E-state index is -0.281. The fourth-order valence-corrected chi connectivity index (χ4v) is 5.00. The molecule has 0 spiro atoms. The summed E-state index contributed by atoms with van der Waals surface area (Å²) in [4.78, 5) is 34.0. The lowest BCUT2D eigenvalue weighted by molar-refractivity contribution is -0.117. The van der Waals surface area contributed by atoms with Crippen molar-refractivity contribution in [1.82, 2.24) is 19.8 Å². The number of fused-ring (bicyclic) bond motifs is 2. The zero-order valence-electron chi connectivity index (χ0n) is 18.6. The van der Waals surface area contributed by atoms with Gasteiger partial charge < -0.3 is 29.2 Å². The quantitative estimate of drug-likeness (QED) is 0.650. The first-order chi connectivity index (χ1) is 16.7. The van der Waals surface area contributed by atoms with E-state index in [1.807, 2.05) is 53.6 Å². The van der Waals surface area contributed by atoms with E-state index in [0.717, 1.165) is 23.5 Å². The van der Waals surface area contributed by atoms with Gasteiger partial charge >= 0.3 is 6.03 Å². The number of hydrogen-bond acceptors (Lipinski definition) is 5. The standard InChI is InChI=1S/C25H25N5O4/c31-23-13-18(16-30(23)19-5-6-21-22(14-19)34-12-11-33-21)27-25(32)29-10-9-28-8-2-4-20(28)24(29)17-3-1-7-26-15-17/h1-8,14-15,18,24H,9-13,16H2,(H,27,32). The van der Waals surface area contributed by atoms with Crippen LogP contribution in [0.2, 0.25) is 0 Å². The van der Waals surface area contributed by atoms with Crippen LogP contribution >= 0.6 is 0 Å². The number of anilines is 1. The van der Waals surface area contributed by atoms with Crippen LogP contribution in [0.3, 0.4) is 0 Å². The lowest BCUT2D eigenvalue weighted by Gasteiger charge is -2.37. The molecule has 9 heteroatoms. The number of amides is 3. The molecular formula is C25H25N5O4. The summed E-state index contributed by atoms with van der Waals surface area (Å²) < 4.78 is 13.4. The minimum absolute atomic E-state index is 0.0293. The van der Waals surface area contributed by atoms with Crippen LogP contribution in [0.4, 0.5) is 10.5 Å². The van der Waals surface area contributed by atoms with Crippen molar-refractivity contribution in [3.8, 4) is 11.5 Å². The normalized spacial score (nSPS) is 21.4. The van der Waals surface area contributed by atoms with E-state index >= 15 is 0 Å². The monoisotopic (exact) mass is 459 g/mol. The smallest absolute Gasteiger partial charge is 0.318 e. The first kappa shape index (κ1) is 20.6. The van der Waals surface area contributed by atoms with Crippen molar-refractivity contribution in [2.45, 2.75) is 25.0 Å². The zero-order valence-corrected chi connectivity index (χ0v) is 18.6. The van der Waals surface area contributed by atoms with Crippen LogP contribution in [-0.4, -0.2) is 58.7 Å². The molecule has 3 aromatic rings. The molecular weight excluding hydrogens is 434 g/mol. The SMILES string of the molecule is O=C1CC(NC(=O)N2CCn3cccc3C2c2cccnc2)CN1c1ccc2c(c1)OCCO2. The van der Waals surface area contributed by atoms with Crippen LogP contribution in [0, 0.1) is 0 Å². The lowest BCUT2D eigenvalue weighted by atomic mass is 10.0. The average Bonchev–Trinajstić information content (AvgIpc) is 3.49. The van der Waals surface area contributed by atoms with Crippen LogP contribution in [0.1, 0.15) is 23.7 Å². The van der Waals surface area contributed by atoms with E-state index in [4.69, 9.17) is 9.47 Å². The number of nitrogens with one attached hydrogen (secondary N) is 1. The van der Waals surface area contributed by atoms with Gasteiger partial charge in [-0.05, 0) is 35.9 Å². The molecule has 2 aromatic heterocycles. The van der Waals surface area contributed by atoms with Gasteiger partial charge in [-0.3, -0.25) is 9.78 Å². The number of aromatic nitrogens is 2. The Morgan fingerprint density at radius 1 is 1.06 bits per heavy atom. The highest BCUT2D eigenvalue weighted by Gasteiger charge is 2.36. The van der Waals surface area contributed by atoms with Gasteiger partial charge in [0.15, 0.2) is 11.5 Å². The molecule has 1 aromatic carbocycles. The molecule has 2 unspecified atom stereocenters. The Bertz CT molecular complexity index is 1230. The molecule has 34 heavy (non-hydrogen) atoms. The summed E-state index contributed by atoms with van der Waals surface area (Å²) in [6.07, 6.45) is 5.82. The fraction of sp³-hybridized carbons (Fsp3) is 0.320. The maximum Gasteiger partial charge on any atom is 0.318 e. The summed E-state index contributed by atoms with van der Waals surface area (Å²) in [5.74, 6) is 1.29. The van der Waals surface area contributed by atoms with Crippen LogP contribution in [-0.2, 0) is 11.3 Å². The summed E-state index contributed by atoms with van der Waals surface area (Å²) in [5.41, 5.74) is 2.75. The summed E-state index contributed by atoms with van der Waals surface area (Å²) in [7, 11) is 0. The van der Waals surface area contributed by atoms with E-state index in [-0.39, 0.29) is 30.4 Å². The molecule has 3 aliphatic rings. The Kier molecular flexibility index (Phi) is 5.09. The van der Waals surface area contributed by atoms with Gasteiger partial charge in [0.25, 0.3) is 0 Å². The van der Waals surface area contributed by atoms with Gasteiger partial charge in [-0.15, -0.1) is 0 Å². The molecule has 0 saturated carbocycles. The maximum atomic E-state index is 13.4. The number of pyridine rings is 1. The third kappa shape index (κ3) is 3.63. The van der Waals surface area contributed by atoms with Crippen molar-refractivity contribution < 1.29 is 19.1 Å². The van der Waals surface area contributed by atoms with E-state index in [1.54, 1.807) is 17.3 Å². The van der Waals surface area contributed by atoms with Crippen LogP contribution in [0.15, 0.2) is 61.1 Å². The molecule has 0 bridgehead atoms. The maximum absolute atomic E-state index is 13.4. The summed E-state index contributed by atoms with van der Waals surface area (Å²) >= 11 is 0. The van der Waals surface area contributed by atoms with Gasteiger partial charge in [0.1, 0.15) is 19.3 Å². The highest BCUT2D eigenvalue weighted by molar-refractivity contribution is 5.97. The van der Waals surface area contributed by atoms with Crippen LogP contribution in [0.5, 0.6) is 11.5 Å². The molecule has 174 valence electrons. The predicted molar refractivity (Wildman–Crippen MR) is 124 cm³/mol. The Hall–Kier alpha value is -4.01.